The lowest BCUT2D eigenvalue weighted by atomic mass is 10.3. The Morgan fingerprint density at radius 3 is 2.64 bits per heavy atom. The average molecular weight is 200 g/mol. The van der Waals surface area contributed by atoms with Gasteiger partial charge >= 0.3 is 5.97 Å². The van der Waals surface area contributed by atoms with Crippen molar-refractivity contribution < 1.29 is 19.0 Å². The highest BCUT2D eigenvalue weighted by atomic mass is 16.8. The second-order valence-corrected chi connectivity index (χ2v) is 3.64. The summed E-state index contributed by atoms with van der Waals surface area (Å²) < 4.78 is 15.6. The Morgan fingerprint density at radius 1 is 1.57 bits per heavy atom. The van der Waals surface area contributed by atoms with Crippen LogP contribution in [0.3, 0.4) is 0 Å². The molecular weight excluding hydrogens is 184 g/mol. The first-order valence-corrected chi connectivity index (χ1v) is 4.60. The van der Waals surface area contributed by atoms with Gasteiger partial charge in [0.05, 0.1) is 0 Å². The molecule has 0 aromatic carbocycles. The van der Waals surface area contributed by atoms with Gasteiger partial charge in [-0.05, 0) is 27.7 Å². The monoisotopic (exact) mass is 200 g/mol. The molecule has 80 valence electrons. The van der Waals surface area contributed by atoms with Gasteiger partial charge in [-0.3, -0.25) is 0 Å². The maximum atomic E-state index is 11.3. The summed E-state index contributed by atoms with van der Waals surface area (Å²) in [6.45, 7) is 7.33. The summed E-state index contributed by atoms with van der Waals surface area (Å²) >= 11 is 0. The third-order valence-electron chi connectivity index (χ3n) is 1.98. The lowest BCUT2D eigenvalue weighted by molar-refractivity contribution is -0.194. The predicted octanol–water partition coefficient (Wildman–Crippen LogP) is 1.60. The van der Waals surface area contributed by atoms with Crippen LogP contribution < -0.4 is 0 Å². The molecule has 0 amide bonds. The van der Waals surface area contributed by atoms with Gasteiger partial charge in [0.15, 0.2) is 5.79 Å². The molecule has 0 aliphatic carbocycles. The zero-order valence-electron chi connectivity index (χ0n) is 8.99. The quantitative estimate of drug-likeness (QED) is 0.501. The van der Waals surface area contributed by atoms with E-state index in [2.05, 4.69) is 0 Å². The lowest BCUT2D eigenvalue weighted by Crippen LogP contribution is -2.25. The molecule has 1 atom stereocenters. The van der Waals surface area contributed by atoms with E-state index in [1.807, 2.05) is 0 Å². The molecule has 1 aliphatic heterocycles. The Hall–Kier alpha value is -0.870. The normalized spacial score (nSPS) is 26.3. The second-order valence-electron chi connectivity index (χ2n) is 3.64. The van der Waals surface area contributed by atoms with Crippen molar-refractivity contribution >= 4 is 5.97 Å². The van der Waals surface area contributed by atoms with Crippen LogP contribution in [0.2, 0.25) is 0 Å². The maximum absolute atomic E-state index is 11.3. The molecule has 4 nitrogen and oxygen atoms in total. The zero-order chi connectivity index (χ0) is 10.8. The van der Waals surface area contributed by atoms with E-state index in [4.69, 9.17) is 14.2 Å². The first-order valence-electron chi connectivity index (χ1n) is 4.60. The summed E-state index contributed by atoms with van der Waals surface area (Å²) in [6, 6.07) is 0. The summed E-state index contributed by atoms with van der Waals surface area (Å²) in [6.07, 6.45) is 1.11. The molecular formula is C10H16O4. The van der Waals surface area contributed by atoms with E-state index in [0.717, 1.165) is 0 Å². The van der Waals surface area contributed by atoms with E-state index in [1.165, 1.54) is 0 Å². The van der Waals surface area contributed by atoms with Crippen molar-refractivity contribution in [3.8, 4) is 0 Å². The van der Waals surface area contributed by atoms with Crippen molar-refractivity contribution in [3.05, 3.63) is 11.6 Å². The molecule has 1 unspecified atom stereocenters. The Balaban J connectivity index is 2.44. The largest absolute Gasteiger partial charge is 0.430 e. The highest BCUT2D eigenvalue weighted by Gasteiger charge is 2.35. The third kappa shape index (κ3) is 2.82. The number of hydrogen-bond acceptors (Lipinski definition) is 4. The molecule has 0 bridgehead atoms. The number of hydrogen-bond donors (Lipinski definition) is 0. The van der Waals surface area contributed by atoms with E-state index >= 15 is 0 Å². The van der Waals surface area contributed by atoms with E-state index in [1.54, 1.807) is 33.8 Å². The Kier molecular flexibility index (Phi) is 3.29. The fourth-order valence-corrected chi connectivity index (χ4v) is 1.04. The van der Waals surface area contributed by atoms with Gasteiger partial charge in [0.1, 0.15) is 6.61 Å². The van der Waals surface area contributed by atoms with Crippen molar-refractivity contribution in [2.24, 2.45) is 0 Å². The molecule has 1 saturated heterocycles. The molecule has 14 heavy (non-hydrogen) atoms. The van der Waals surface area contributed by atoms with E-state index in [9.17, 15) is 4.79 Å². The van der Waals surface area contributed by atoms with Gasteiger partial charge in [-0.15, -0.1) is 0 Å². The fraction of sp³-hybridized carbons (Fsp3) is 0.700. The van der Waals surface area contributed by atoms with E-state index in [-0.39, 0.29) is 12.6 Å². The van der Waals surface area contributed by atoms with Gasteiger partial charge in [-0.2, -0.15) is 0 Å². The molecule has 0 radical (unpaired) electrons. The molecule has 1 aliphatic rings. The molecule has 1 rings (SSSR count). The van der Waals surface area contributed by atoms with Gasteiger partial charge in [0, 0.05) is 5.57 Å². The Morgan fingerprint density at radius 2 is 2.21 bits per heavy atom. The molecule has 0 N–H and O–H groups in total. The topological polar surface area (TPSA) is 44.8 Å². The highest BCUT2D eigenvalue weighted by molar-refractivity contribution is 5.87. The summed E-state index contributed by atoms with van der Waals surface area (Å²) in [5.41, 5.74) is 0.568. The number of ether oxygens (including phenoxy) is 3. The van der Waals surface area contributed by atoms with E-state index in [0.29, 0.717) is 5.57 Å². The molecule has 1 heterocycles. The van der Waals surface area contributed by atoms with Crippen LogP contribution in [0, 0.1) is 0 Å². The first kappa shape index (κ1) is 11.2. The standard InChI is InChI=1S/C10H16O4/c1-5-7(2)9(11)13-8-6-12-10(3,4)14-8/h5,8H,6H2,1-4H3. The first-order chi connectivity index (χ1) is 6.44. The summed E-state index contributed by atoms with van der Waals surface area (Å²) in [5, 5.41) is 0. The van der Waals surface area contributed by atoms with Gasteiger partial charge in [0.2, 0.25) is 6.29 Å². The number of rotatable bonds is 2. The Bertz CT molecular complexity index is 255. The Labute approximate surface area is 83.8 Å². The number of esters is 1. The minimum absolute atomic E-state index is 0.287. The van der Waals surface area contributed by atoms with Crippen molar-refractivity contribution in [3.63, 3.8) is 0 Å². The van der Waals surface area contributed by atoms with Crippen LogP contribution in [0.25, 0.3) is 0 Å². The van der Waals surface area contributed by atoms with Gasteiger partial charge in [-0.25, -0.2) is 4.79 Å². The number of carbonyl (C=O) groups excluding carboxylic acids is 1. The third-order valence-corrected chi connectivity index (χ3v) is 1.98. The molecule has 0 saturated carbocycles. The summed E-state index contributed by atoms with van der Waals surface area (Å²) in [5.74, 6) is -1.02. The molecule has 0 aromatic rings. The SMILES string of the molecule is CC=C(C)C(=O)OC1COC(C)(C)O1. The van der Waals surface area contributed by atoms with Gasteiger partial charge < -0.3 is 14.2 Å². The second kappa shape index (κ2) is 4.11. The lowest BCUT2D eigenvalue weighted by Gasteiger charge is -2.16. The van der Waals surface area contributed by atoms with Crippen molar-refractivity contribution in [2.75, 3.05) is 6.61 Å². The van der Waals surface area contributed by atoms with Crippen LogP contribution in [-0.4, -0.2) is 24.7 Å². The molecule has 0 spiro atoms. The van der Waals surface area contributed by atoms with Crippen LogP contribution in [0.5, 0.6) is 0 Å². The maximum Gasteiger partial charge on any atom is 0.335 e. The summed E-state index contributed by atoms with van der Waals surface area (Å²) in [4.78, 5) is 11.3. The van der Waals surface area contributed by atoms with Crippen molar-refractivity contribution in [1.82, 2.24) is 0 Å². The van der Waals surface area contributed by atoms with Crippen LogP contribution >= 0.6 is 0 Å². The minimum Gasteiger partial charge on any atom is -0.430 e. The minimum atomic E-state index is -0.658. The van der Waals surface area contributed by atoms with Crippen LogP contribution in [0.4, 0.5) is 0 Å². The molecule has 0 aromatic heterocycles. The van der Waals surface area contributed by atoms with Crippen LogP contribution in [0.15, 0.2) is 11.6 Å². The summed E-state index contributed by atoms with van der Waals surface area (Å²) in [7, 11) is 0. The van der Waals surface area contributed by atoms with Gasteiger partial charge in [-0.1, -0.05) is 6.08 Å². The smallest absolute Gasteiger partial charge is 0.335 e. The van der Waals surface area contributed by atoms with Crippen LogP contribution in [-0.2, 0) is 19.0 Å². The van der Waals surface area contributed by atoms with Crippen LogP contribution in [0.1, 0.15) is 27.7 Å². The van der Waals surface area contributed by atoms with Crippen molar-refractivity contribution in [2.45, 2.75) is 39.8 Å². The average Bonchev–Trinajstić information content (AvgIpc) is 2.44. The van der Waals surface area contributed by atoms with Crippen molar-refractivity contribution in [1.29, 1.82) is 0 Å². The fourth-order valence-electron chi connectivity index (χ4n) is 1.04. The number of carbonyl (C=O) groups is 1. The van der Waals surface area contributed by atoms with Gasteiger partial charge in [0.25, 0.3) is 0 Å². The number of allylic oxidation sites excluding steroid dienone is 1. The predicted molar refractivity (Wildman–Crippen MR) is 50.4 cm³/mol. The highest BCUT2D eigenvalue weighted by Crippen LogP contribution is 2.23. The van der Waals surface area contributed by atoms with E-state index < -0.39 is 12.1 Å². The molecule has 4 heteroatoms. The molecule has 1 fully saturated rings. The zero-order valence-corrected chi connectivity index (χ0v) is 8.99.